The number of ether oxygens (including phenoxy) is 2. The molecule has 1 aromatic heterocycles. The molecule has 0 saturated carbocycles. The van der Waals surface area contributed by atoms with E-state index in [4.69, 9.17) is 25.5 Å². The van der Waals surface area contributed by atoms with E-state index in [-0.39, 0.29) is 12.4 Å². The van der Waals surface area contributed by atoms with Gasteiger partial charge in [-0.2, -0.15) is 0 Å². The number of hydrogen-bond acceptors (Lipinski definition) is 4. The zero-order valence-corrected chi connectivity index (χ0v) is 15.8. The molecule has 0 aliphatic heterocycles. The van der Waals surface area contributed by atoms with Crippen LogP contribution < -0.4 is 14.8 Å². The van der Waals surface area contributed by atoms with E-state index in [2.05, 4.69) is 5.32 Å². The molecule has 0 amide bonds. The minimum absolute atomic E-state index is 0.274. The van der Waals surface area contributed by atoms with Crippen LogP contribution in [0, 0.1) is 5.82 Å². The van der Waals surface area contributed by atoms with Crippen LogP contribution >= 0.6 is 11.6 Å². The largest absolute Gasteiger partial charge is 0.490 e. The fourth-order valence-electron chi connectivity index (χ4n) is 2.61. The molecule has 0 bridgehead atoms. The van der Waals surface area contributed by atoms with Gasteiger partial charge in [-0.25, -0.2) is 4.39 Å². The highest BCUT2D eigenvalue weighted by molar-refractivity contribution is 6.32. The Morgan fingerprint density at radius 3 is 2.56 bits per heavy atom. The number of hydrogen-bond donors (Lipinski definition) is 1. The quantitative estimate of drug-likeness (QED) is 0.536. The summed E-state index contributed by atoms with van der Waals surface area (Å²) in [7, 11) is 0. The highest BCUT2D eigenvalue weighted by Crippen LogP contribution is 2.37. The maximum absolute atomic E-state index is 13.0. The third-order valence-electron chi connectivity index (χ3n) is 3.87. The van der Waals surface area contributed by atoms with E-state index in [1.807, 2.05) is 31.2 Å². The summed E-state index contributed by atoms with van der Waals surface area (Å²) in [4.78, 5) is 0. The van der Waals surface area contributed by atoms with E-state index in [1.165, 1.54) is 12.1 Å². The second-order valence-electron chi connectivity index (χ2n) is 5.94. The molecule has 0 radical (unpaired) electrons. The van der Waals surface area contributed by atoms with Gasteiger partial charge >= 0.3 is 0 Å². The first-order valence-electron chi connectivity index (χ1n) is 8.71. The Morgan fingerprint density at radius 1 is 1.04 bits per heavy atom. The van der Waals surface area contributed by atoms with Gasteiger partial charge in [0.1, 0.15) is 18.2 Å². The lowest BCUT2D eigenvalue weighted by atomic mass is 10.2. The Hall–Kier alpha value is -2.50. The van der Waals surface area contributed by atoms with E-state index in [1.54, 1.807) is 18.4 Å². The molecular formula is C21H21ClFNO3. The van der Waals surface area contributed by atoms with Crippen molar-refractivity contribution in [1.82, 2.24) is 5.32 Å². The van der Waals surface area contributed by atoms with Crippen LogP contribution in [0.4, 0.5) is 4.39 Å². The summed E-state index contributed by atoms with van der Waals surface area (Å²) < 4.78 is 29.9. The third-order valence-corrected chi connectivity index (χ3v) is 4.15. The second-order valence-corrected chi connectivity index (χ2v) is 6.34. The molecule has 1 heterocycles. The summed E-state index contributed by atoms with van der Waals surface area (Å²) in [5.41, 5.74) is 1.82. The SMILES string of the molecule is CCOc1cc(CNCc2ccco2)cc(Cl)c1OCc1ccc(F)cc1. The minimum atomic E-state index is -0.279. The Morgan fingerprint density at radius 2 is 1.85 bits per heavy atom. The van der Waals surface area contributed by atoms with Crippen LogP contribution in [0.3, 0.4) is 0 Å². The molecule has 0 saturated heterocycles. The van der Waals surface area contributed by atoms with Crippen molar-refractivity contribution in [3.8, 4) is 11.5 Å². The molecule has 1 N–H and O–H groups in total. The van der Waals surface area contributed by atoms with E-state index >= 15 is 0 Å². The number of rotatable bonds is 9. The molecule has 27 heavy (non-hydrogen) atoms. The van der Waals surface area contributed by atoms with Crippen LogP contribution in [0.15, 0.2) is 59.2 Å². The first-order valence-corrected chi connectivity index (χ1v) is 9.09. The Labute approximate surface area is 162 Å². The van der Waals surface area contributed by atoms with Crippen LogP contribution in [0.25, 0.3) is 0 Å². The Kier molecular flexibility index (Phi) is 6.74. The topological polar surface area (TPSA) is 43.6 Å². The third kappa shape index (κ3) is 5.49. The fraction of sp³-hybridized carbons (Fsp3) is 0.238. The number of halogens is 2. The van der Waals surface area contributed by atoms with Crippen LogP contribution in [0.2, 0.25) is 5.02 Å². The Bertz CT molecular complexity index is 851. The molecule has 0 unspecified atom stereocenters. The average Bonchev–Trinajstić information content (AvgIpc) is 3.16. The van der Waals surface area contributed by atoms with Gasteiger partial charge < -0.3 is 19.2 Å². The van der Waals surface area contributed by atoms with Crippen LogP contribution in [0.1, 0.15) is 23.8 Å². The highest BCUT2D eigenvalue weighted by Gasteiger charge is 2.13. The van der Waals surface area contributed by atoms with Crippen molar-refractivity contribution in [1.29, 1.82) is 0 Å². The van der Waals surface area contributed by atoms with E-state index in [0.717, 1.165) is 16.9 Å². The van der Waals surface area contributed by atoms with Gasteiger partial charge in [0.2, 0.25) is 0 Å². The van der Waals surface area contributed by atoms with Crippen molar-refractivity contribution >= 4 is 11.6 Å². The van der Waals surface area contributed by atoms with Gasteiger partial charge in [0.25, 0.3) is 0 Å². The number of benzene rings is 2. The predicted octanol–water partition coefficient (Wildman–Crippen LogP) is 5.34. The van der Waals surface area contributed by atoms with E-state index in [9.17, 15) is 4.39 Å². The van der Waals surface area contributed by atoms with Gasteiger partial charge in [-0.05, 0) is 54.4 Å². The van der Waals surface area contributed by atoms with Gasteiger partial charge in [0.15, 0.2) is 11.5 Å². The summed E-state index contributed by atoms with van der Waals surface area (Å²) in [6.07, 6.45) is 1.65. The molecule has 6 heteroatoms. The minimum Gasteiger partial charge on any atom is -0.490 e. The van der Waals surface area contributed by atoms with Gasteiger partial charge in [0.05, 0.1) is 24.4 Å². The van der Waals surface area contributed by atoms with Crippen molar-refractivity contribution in [3.05, 3.63) is 82.5 Å². The predicted molar refractivity (Wildman–Crippen MR) is 103 cm³/mol. The van der Waals surface area contributed by atoms with Gasteiger partial charge in [-0.1, -0.05) is 23.7 Å². The molecule has 3 rings (SSSR count). The lowest BCUT2D eigenvalue weighted by molar-refractivity contribution is 0.269. The average molecular weight is 390 g/mol. The molecular weight excluding hydrogens is 369 g/mol. The fourth-order valence-corrected chi connectivity index (χ4v) is 2.89. The highest BCUT2D eigenvalue weighted by atomic mass is 35.5. The molecule has 2 aromatic carbocycles. The van der Waals surface area contributed by atoms with Gasteiger partial charge in [-0.15, -0.1) is 0 Å². The normalized spacial score (nSPS) is 10.8. The lowest BCUT2D eigenvalue weighted by Crippen LogP contribution is -2.12. The Balaban J connectivity index is 1.68. The van der Waals surface area contributed by atoms with Crippen LogP contribution in [-0.4, -0.2) is 6.61 Å². The smallest absolute Gasteiger partial charge is 0.180 e. The first-order chi connectivity index (χ1) is 13.2. The summed E-state index contributed by atoms with van der Waals surface area (Å²) in [5, 5.41) is 3.77. The van der Waals surface area contributed by atoms with Crippen molar-refractivity contribution in [2.45, 2.75) is 26.6 Å². The molecule has 0 fully saturated rings. The van der Waals surface area contributed by atoms with E-state index < -0.39 is 0 Å². The van der Waals surface area contributed by atoms with Crippen LogP contribution in [0.5, 0.6) is 11.5 Å². The number of furan rings is 1. The van der Waals surface area contributed by atoms with Gasteiger partial charge in [0, 0.05) is 6.54 Å². The number of nitrogens with one attached hydrogen (secondary N) is 1. The molecule has 3 aromatic rings. The standard InChI is InChI=1S/C21H21ClFNO3/c1-2-25-20-11-16(12-24-13-18-4-3-9-26-18)10-19(22)21(20)27-14-15-5-7-17(23)8-6-15/h3-11,24H,2,12-14H2,1H3. The van der Waals surface area contributed by atoms with Crippen LogP contribution in [-0.2, 0) is 19.7 Å². The van der Waals surface area contributed by atoms with Crippen molar-refractivity contribution in [2.75, 3.05) is 6.61 Å². The zero-order valence-electron chi connectivity index (χ0n) is 15.0. The maximum atomic E-state index is 13.0. The van der Waals surface area contributed by atoms with Crippen molar-refractivity contribution in [3.63, 3.8) is 0 Å². The van der Waals surface area contributed by atoms with Gasteiger partial charge in [-0.3, -0.25) is 0 Å². The van der Waals surface area contributed by atoms with E-state index in [0.29, 0.717) is 36.2 Å². The first kappa shape index (κ1) is 19.3. The van der Waals surface area contributed by atoms with Crippen molar-refractivity contribution in [2.24, 2.45) is 0 Å². The maximum Gasteiger partial charge on any atom is 0.180 e. The zero-order chi connectivity index (χ0) is 19.1. The molecule has 142 valence electrons. The molecule has 0 atom stereocenters. The summed E-state index contributed by atoms with van der Waals surface area (Å²) in [6.45, 7) is 3.90. The molecule has 0 aliphatic carbocycles. The molecule has 4 nitrogen and oxygen atoms in total. The summed E-state index contributed by atoms with van der Waals surface area (Å²) in [6, 6.07) is 13.7. The second kappa shape index (κ2) is 9.44. The summed E-state index contributed by atoms with van der Waals surface area (Å²) in [5.74, 6) is 1.66. The molecule has 0 spiro atoms. The molecule has 0 aliphatic rings. The monoisotopic (exact) mass is 389 g/mol. The lowest BCUT2D eigenvalue weighted by Gasteiger charge is -2.15. The summed E-state index contributed by atoms with van der Waals surface area (Å²) >= 11 is 6.43. The van der Waals surface area contributed by atoms with Crippen molar-refractivity contribution < 1.29 is 18.3 Å².